The van der Waals surface area contributed by atoms with Crippen LogP contribution in [-0.4, -0.2) is 25.5 Å². The topological polar surface area (TPSA) is 58.6 Å². The average molecular weight is 395 g/mol. The Morgan fingerprint density at radius 1 is 1.19 bits per heavy atom. The van der Waals surface area contributed by atoms with Gasteiger partial charge in [-0.15, -0.1) is 0 Å². The first-order valence-corrected chi connectivity index (χ1v) is 8.75. The van der Waals surface area contributed by atoms with E-state index in [-0.39, 0.29) is 24.8 Å². The van der Waals surface area contributed by atoms with Crippen molar-refractivity contribution in [1.29, 1.82) is 0 Å². The maximum Gasteiger partial charge on any atom is 0.226 e. The second-order valence-electron chi connectivity index (χ2n) is 5.70. The first-order chi connectivity index (χ1) is 12.3. The Bertz CT molecular complexity index is 824. The largest absolute Gasteiger partial charge is 0.495 e. The fourth-order valence-electron chi connectivity index (χ4n) is 2.54. The molecule has 7 heteroatoms. The van der Waals surface area contributed by atoms with Crippen molar-refractivity contribution in [1.82, 2.24) is 0 Å². The summed E-state index contributed by atoms with van der Waals surface area (Å²) >= 11 is 12.1. The molecule has 0 atom stereocenters. The molecule has 1 N–H and O–H groups in total. The highest BCUT2D eigenvalue weighted by molar-refractivity contribution is 6.32. The maximum absolute atomic E-state index is 12.3. The molecule has 0 fully saturated rings. The summed E-state index contributed by atoms with van der Waals surface area (Å²) in [5.74, 6) is 0.0943. The van der Waals surface area contributed by atoms with Crippen molar-refractivity contribution >= 4 is 46.4 Å². The minimum Gasteiger partial charge on any atom is -0.495 e. The van der Waals surface area contributed by atoms with Crippen molar-refractivity contribution in [3.05, 3.63) is 52.0 Å². The van der Waals surface area contributed by atoms with Gasteiger partial charge in [-0.2, -0.15) is 0 Å². The number of amides is 2. The Morgan fingerprint density at radius 3 is 2.58 bits per heavy atom. The molecule has 0 aromatic heterocycles. The molecule has 0 saturated heterocycles. The fraction of sp³-hybridized carbons (Fsp3) is 0.263. The summed E-state index contributed by atoms with van der Waals surface area (Å²) in [7, 11) is 1.51. The summed E-state index contributed by atoms with van der Waals surface area (Å²) in [4.78, 5) is 25.9. The van der Waals surface area contributed by atoms with Gasteiger partial charge in [-0.1, -0.05) is 29.3 Å². The summed E-state index contributed by atoms with van der Waals surface area (Å²) in [5, 5.41) is 3.82. The molecule has 0 aliphatic heterocycles. The third kappa shape index (κ3) is 4.90. The molecule has 0 radical (unpaired) electrons. The number of nitrogens with one attached hydrogen (secondary N) is 1. The van der Waals surface area contributed by atoms with E-state index in [1.165, 1.54) is 18.9 Å². The molecule has 0 aliphatic rings. The number of rotatable bonds is 6. The van der Waals surface area contributed by atoms with Gasteiger partial charge in [-0.05, 0) is 42.8 Å². The van der Waals surface area contributed by atoms with Crippen molar-refractivity contribution in [2.75, 3.05) is 23.9 Å². The van der Waals surface area contributed by atoms with E-state index >= 15 is 0 Å². The van der Waals surface area contributed by atoms with Crippen molar-refractivity contribution in [2.45, 2.75) is 20.3 Å². The van der Waals surface area contributed by atoms with E-state index < -0.39 is 0 Å². The summed E-state index contributed by atoms with van der Waals surface area (Å²) in [5.41, 5.74) is 1.97. The van der Waals surface area contributed by atoms with E-state index in [0.29, 0.717) is 27.2 Å². The molecule has 5 nitrogen and oxygen atoms in total. The highest BCUT2D eigenvalue weighted by Crippen LogP contribution is 2.29. The minimum absolute atomic E-state index is 0.112. The minimum atomic E-state index is -0.253. The van der Waals surface area contributed by atoms with Crippen LogP contribution < -0.4 is 15.0 Å². The van der Waals surface area contributed by atoms with Crippen LogP contribution in [-0.2, 0) is 9.59 Å². The Morgan fingerprint density at radius 2 is 1.92 bits per heavy atom. The van der Waals surface area contributed by atoms with Crippen LogP contribution in [0, 0.1) is 6.92 Å². The molecule has 0 heterocycles. The molecule has 26 heavy (non-hydrogen) atoms. The van der Waals surface area contributed by atoms with Crippen molar-refractivity contribution in [2.24, 2.45) is 0 Å². The highest BCUT2D eigenvalue weighted by Gasteiger charge is 2.17. The fourth-order valence-corrected chi connectivity index (χ4v) is 2.88. The van der Waals surface area contributed by atoms with Gasteiger partial charge in [0.2, 0.25) is 11.8 Å². The molecule has 0 saturated carbocycles. The molecule has 0 unspecified atom stereocenters. The van der Waals surface area contributed by atoms with E-state index in [1.807, 2.05) is 6.92 Å². The number of nitrogens with zero attached hydrogens (tertiary/aromatic N) is 1. The van der Waals surface area contributed by atoms with Gasteiger partial charge in [0.05, 0.1) is 12.8 Å². The van der Waals surface area contributed by atoms with E-state index in [2.05, 4.69) is 5.32 Å². The number of hydrogen-bond acceptors (Lipinski definition) is 3. The lowest BCUT2D eigenvalue weighted by molar-refractivity contribution is -0.117. The van der Waals surface area contributed by atoms with Crippen LogP contribution in [0.15, 0.2) is 36.4 Å². The Balaban J connectivity index is 2.10. The van der Waals surface area contributed by atoms with Gasteiger partial charge in [-0.3, -0.25) is 9.59 Å². The van der Waals surface area contributed by atoms with Crippen molar-refractivity contribution in [3.63, 3.8) is 0 Å². The molecular formula is C19H20Cl2N2O3. The second kappa shape index (κ2) is 8.92. The summed E-state index contributed by atoms with van der Waals surface area (Å²) in [6, 6.07) is 10.3. The van der Waals surface area contributed by atoms with Gasteiger partial charge in [0.15, 0.2) is 0 Å². The molecule has 2 rings (SSSR count). The first-order valence-electron chi connectivity index (χ1n) is 8.00. The van der Waals surface area contributed by atoms with Crippen molar-refractivity contribution < 1.29 is 14.3 Å². The quantitative estimate of drug-likeness (QED) is 0.772. The lowest BCUT2D eigenvalue weighted by Crippen LogP contribution is -2.32. The molecule has 0 aliphatic carbocycles. The van der Waals surface area contributed by atoms with Crippen LogP contribution in [0.4, 0.5) is 11.4 Å². The monoisotopic (exact) mass is 394 g/mol. The van der Waals surface area contributed by atoms with Gasteiger partial charge in [-0.25, -0.2) is 0 Å². The smallest absolute Gasteiger partial charge is 0.226 e. The lowest BCUT2D eigenvalue weighted by Gasteiger charge is -2.23. The maximum atomic E-state index is 12.3. The molecule has 2 amide bonds. The molecule has 0 bridgehead atoms. The van der Waals surface area contributed by atoms with Crippen LogP contribution in [0.2, 0.25) is 10.0 Å². The Kier molecular flexibility index (Phi) is 6.89. The first kappa shape index (κ1) is 20.1. The van der Waals surface area contributed by atoms with Crippen LogP contribution in [0.5, 0.6) is 5.75 Å². The zero-order chi connectivity index (χ0) is 19.3. The van der Waals surface area contributed by atoms with E-state index in [4.69, 9.17) is 27.9 Å². The number of ether oxygens (including phenoxy) is 1. The third-order valence-corrected chi connectivity index (χ3v) is 4.55. The van der Waals surface area contributed by atoms with Crippen LogP contribution in [0.25, 0.3) is 0 Å². The van der Waals surface area contributed by atoms with Gasteiger partial charge < -0.3 is 15.0 Å². The van der Waals surface area contributed by atoms with Crippen LogP contribution in [0.3, 0.4) is 0 Å². The Hall–Kier alpha value is -2.24. The normalized spacial score (nSPS) is 10.3. The number of hydrogen-bond donors (Lipinski definition) is 1. The number of benzene rings is 2. The summed E-state index contributed by atoms with van der Waals surface area (Å²) in [6.45, 7) is 3.52. The Labute approximate surface area is 162 Å². The lowest BCUT2D eigenvalue weighted by atomic mass is 10.1. The predicted octanol–water partition coefficient (Wildman–Crippen LogP) is 4.69. The molecule has 138 valence electrons. The van der Waals surface area contributed by atoms with Gasteiger partial charge in [0.25, 0.3) is 0 Å². The van der Waals surface area contributed by atoms with Gasteiger partial charge >= 0.3 is 0 Å². The third-order valence-electron chi connectivity index (χ3n) is 3.91. The molecular weight excluding hydrogens is 375 g/mol. The van der Waals surface area contributed by atoms with Gasteiger partial charge in [0.1, 0.15) is 5.75 Å². The number of carbonyl (C=O) groups excluding carboxylic acids is 2. The molecule has 2 aromatic rings. The van der Waals surface area contributed by atoms with E-state index in [1.54, 1.807) is 36.4 Å². The number of carbonyl (C=O) groups is 2. The standard InChI is InChI=1S/C19H20Cl2N2O3/c1-12-15(21)5-4-6-17(12)23(13(2)24)10-9-19(25)22-16-11-14(20)7-8-18(16)26-3/h4-8,11H,9-10H2,1-3H3,(H,22,25). The molecule has 0 spiro atoms. The summed E-state index contributed by atoms with van der Waals surface area (Å²) < 4.78 is 5.21. The highest BCUT2D eigenvalue weighted by atomic mass is 35.5. The summed E-state index contributed by atoms with van der Waals surface area (Å²) in [6.07, 6.45) is 0.112. The number of methoxy groups -OCH3 is 1. The van der Waals surface area contributed by atoms with Crippen LogP contribution in [0.1, 0.15) is 18.9 Å². The van der Waals surface area contributed by atoms with E-state index in [0.717, 1.165) is 5.56 Å². The molecule has 2 aromatic carbocycles. The average Bonchev–Trinajstić information content (AvgIpc) is 2.58. The van der Waals surface area contributed by atoms with E-state index in [9.17, 15) is 9.59 Å². The SMILES string of the molecule is COc1ccc(Cl)cc1NC(=O)CCN(C(C)=O)c1cccc(Cl)c1C. The zero-order valence-electron chi connectivity index (χ0n) is 14.8. The van der Waals surface area contributed by atoms with Crippen LogP contribution >= 0.6 is 23.2 Å². The van der Waals surface area contributed by atoms with Crippen molar-refractivity contribution in [3.8, 4) is 5.75 Å². The predicted molar refractivity (Wildman–Crippen MR) is 105 cm³/mol. The van der Waals surface area contributed by atoms with Gasteiger partial charge in [0, 0.05) is 35.6 Å². The number of anilines is 2. The number of halogens is 2. The second-order valence-corrected chi connectivity index (χ2v) is 6.54. The zero-order valence-corrected chi connectivity index (χ0v) is 16.3.